The van der Waals surface area contributed by atoms with Gasteiger partial charge in [-0.05, 0) is 54.9 Å². The van der Waals surface area contributed by atoms with Crippen molar-refractivity contribution in [3.63, 3.8) is 0 Å². The third-order valence-electron chi connectivity index (χ3n) is 8.43. The van der Waals surface area contributed by atoms with E-state index in [-0.39, 0.29) is 35.1 Å². The van der Waals surface area contributed by atoms with Crippen LogP contribution in [0, 0.1) is 11.3 Å². The molecule has 4 rings (SSSR count). The Labute approximate surface area is 251 Å². The molecular weight excluding hydrogens is 561 g/mol. The van der Waals surface area contributed by atoms with Gasteiger partial charge in [0.05, 0.1) is 12.6 Å². The molecule has 2 aromatic rings. The van der Waals surface area contributed by atoms with Crippen molar-refractivity contribution in [2.24, 2.45) is 17.1 Å². The molecule has 2 N–H and O–H groups in total. The van der Waals surface area contributed by atoms with Crippen molar-refractivity contribution in [2.75, 3.05) is 39.3 Å². The lowest BCUT2D eigenvalue weighted by atomic mass is 9.82. The maximum Gasteiger partial charge on any atom is 0.573 e. The summed E-state index contributed by atoms with van der Waals surface area (Å²) in [5.41, 5.74) is 6.89. The number of nitrogens with two attached hydrogens (primary N) is 1. The van der Waals surface area contributed by atoms with Gasteiger partial charge in [-0.3, -0.25) is 9.69 Å². The van der Waals surface area contributed by atoms with Crippen LogP contribution in [0.1, 0.15) is 64.1 Å². The summed E-state index contributed by atoms with van der Waals surface area (Å²) in [5.74, 6) is 0.735. The molecule has 236 valence electrons. The van der Waals surface area contributed by atoms with Gasteiger partial charge in [-0.1, -0.05) is 51.1 Å². The van der Waals surface area contributed by atoms with Crippen molar-refractivity contribution in [3.8, 4) is 11.5 Å². The highest BCUT2D eigenvalue weighted by molar-refractivity contribution is 5.77. The van der Waals surface area contributed by atoms with E-state index in [1.54, 1.807) is 17.0 Å². The molecule has 0 saturated carbocycles. The molecule has 0 radical (unpaired) electrons. The van der Waals surface area contributed by atoms with E-state index in [9.17, 15) is 22.8 Å². The molecule has 0 aliphatic carbocycles. The summed E-state index contributed by atoms with van der Waals surface area (Å²) in [6.07, 6.45) is -2.85. The first-order valence-corrected chi connectivity index (χ1v) is 14.9. The molecule has 43 heavy (non-hydrogen) atoms. The lowest BCUT2D eigenvalue weighted by Crippen LogP contribution is -2.60. The number of hydrogen-bond acceptors (Lipinski definition) is 5. The Morgan fingerprint density at radius 2 is 1.63 bits per heavy atom. The van der Waals surface area contributed by atoms with E-state index in [1.807, 2.05) is 36.1 Å². The molecule has 11 heteroatoms. The van der Waals surface area contributed by atoms with Crippen molar-refractivity contribution in [3.05, 3.63) is 59.7 Å². The van der Waals surface area contributed by atoms with Gasteiger partial charge in [0.15, 0.2) is 0 Å². The van der Waals surface area contributed by atoms with Crippen LogP contribution < -0.4 is 15.2 Å². The summed E-state index contributed by atoms with van der Waals surface area (Å²) in [6.45, 7) is 11.5. The predicted octanol–water partition coefficient (Wildman–Crippen LogP) is 5.81. The molecule has 2 aliphatic rings. The Kier molecular flexibility index (Phi) is 10.1. The van der Waals surface area contributed by atoms with E-state index in [4.69, 9.17) is 10.5 Å². The fourth-order valence-corrected chi connectivity index (χ4v) is 6.23. The van der Waals surface area contributed by atoms with Crippen LogP contribution in [0.25, 0.3) is 0 Å². The molecule has 2 atom stereocenters. The zero-order valence-electron chi connectivity index (χ0n) is 25.4. The second kappa shape index (κ2) is 13.4. The molecule has 8 nitrogen and oxygen atoms in total. The number of urea groups is 1. The zero-order chi connectivity index (χ0) is 31.4. The summed E-state index contributed by atoms with van der Waals surface area (Å²) in [6, 6.07) is 12.9. The molecule has 0 bridgehead atoms. The number of ether oxygens (including phenoxy) is 2. The quantitative estimate of drug-likeness (QED) is 0.411. The Balaban J connectivity index is 1.60. The number of hydrogen-bond donors (Lipinski definition) is 1. The number of piperazine rings is 1. The summed E-state index contributed by atoms with van der Waals surface area (Å²) in [4.78, 5) is 31.2. The molecule has 0 aromatic heterocycles. The van der Waals surface area contributed by atoms with Gasteiger partial charge in [0.2, 0.25) is 5.91 Å². The van der Waals surface area contributed by atoms with Crippen LogP contribution in [0.4, 0.5) is 18.0 Å². The lowest BCUT2D eigenvalue weighted by Gasteiger charge is -2.50. The highest BCUT2D eigenvalue weighted by atomic mass is 19.4. The van der Waals surface area contributed by atoms with Gasteiger partial charge in [0, 0.05) is 50.7 Å². The number of nitrogens with zero attached hydrogens (tertiary/aromatic N) is 3. The minimum absolute atomic E-state index is 0.103. The van der Waals surface area contributed by atoms with Gasteiger partial charge in [-0.15, -0.1) is 13.2 Å². The third-order valence-corrected chi connectivity index (χ3v) is 8.43. The van der Waals surface area contributed by atoms with Gasteiger partial charge >= 0.3 is 12.4 Å². The van der Waals surface area contributed by atoms with Gasteiger partial charge < -0.3 is 25.0 Å². The van der Waals surface area contributed by atoms with Crippen molar-refractivity contribution >= 4 is 11.9 Å². The highest BCUT2D eigenvalue weighted by Gasteiger charge is 2.41. The van der Waals surface area contributed by atoms with Gasteiger partial charge in [-0.2, -0.15) is 0 Å². The Morgan fingerprint density at radius 1 is 0.977 bits per heavy atom. The molecular formula is C32H43F3N4O4. The van der Waals surface area contributed by atoms with E-state index >= 15 is 0 Å². The van der Waals surface area contributed by atoms with Crippen molar-refractivity contribution in [1.29, 1.82) is 0 Å². The first-order chi connectivity index (χ1) is 20.3. The standard InChI is InChI=1S/C32H43F3N4O4/c1-5-42-26-9-7-6-8-25(26)29(23-10-12-24(13-11-23)43-32(33,34)35)38-18-19-39(27(21-38)31(2,3)4)28(40)20-22-14-16-37(17-15-22)30(36)41/h6-13,22,27,29H,5,14-21H2,1-4H3,(H2,36,41)/t27-,29?/m1/s1. The van der Waals surface area contributed by atoms with Crippen LogP contribution >= 0.6 is 0 Å². The number of amides is 3. The first kappa shape index (κ1) is 32.4. The molecule has 2 saturated heterocycles. The lowest BCUT2D eigenvalue weighted by molar-refractivity contribution is -0.274. The molecule has 1 unspecified atom stereocenters. The fraction of sp³-hybridized carbons (Fsp3) is 0.562. The SMILES string of the molecule is CCOc1ccccc1C(c1ccc(OC(F)(F)F)cc1)N1CCN(C(=O)CC2CCN(C(N)=O)CC2)[C@@H](C(C)(C)C)C1. The Hall–Kier alpha value is -3.47. The van der Waals surface area contributed by atoms with Crippen LogP contribution in [-0.2, 0) is 4.79 Å². The first-order valence-electron chi connectivity index (χ1n) is 14.9. The Morgan fingerprint density at radius 3 is 2.21 bits per heavy atom. The van der Waals surface area contributed by atoms with Crippen LogP contribution in [0.5, 0.6) is 11.5 Å². The average Bonchev–Trinajstić information content (AvgIpc) is 2.94. The molecule has 2 fully saturated rings. The number of rotatable bonds is 8. The second-order valence-corrected chi connectivity index (χ2v) is 12.4. The minimum Gasteiger partial charge on any atom is -0.494 e. The molecule has 2 heterocycles. The molecule has 3 amide bonds. The van der Waals surface area contributed by atoms with E-state index in [0.29, 0.717) is 51.5 Å². The zero-order valence-corrected chi connectivity index (χ0v) is 25.4. The van der Waals surface area contributed by atoms with Gasteiger partial charge in [0.1, 0.15) is 11.5 Å². The molecule has 0 spiro atoms. The van der Waals surface area contributed by atoms with Crippen molar-refractivity contribution < 1.29 is 32.2 Å². The van der Waals surface area contributed by atoms with E-state index in [0.717, 1.165) is 24.0 Å². The van der Waals surface area contributed by atoms with Crippen LogP contribution in [-0.4, -0.2) is 78.4 Å². The van der Waals surface area contributed by atoms with Crippen LogP contribution in [0.15, 0.2) is 48.5 Å². The maximum absolute atomic E-state index is 13.7. The van der Waals surface area contributed by atoms with Crippen molar-refractivity contribution in [1.82, 2.24) is 14.7 Å². The van der Waals surface area contributed by atoms with E-state index < -0.39 is 12.4 Å². The number of carbonyl (C=O) groups is 2. The van der Waals surface area contributed by atoms with E-state index in [2.05, 4.69) is 30.4 Å². The van der Waals surface area contributed by atoms with Crippen LogP contribution in [0.2, 0.25) is 0 Å². The number of alkyl halides is 3. The summed E-state index contributed by atoms with van der Waals surface area (Å²) in [7, 11) is 0. The van der Waals surface area contributed by atoms with Gasteiger partial charge in [0.25, 0.3) is 0 Å². The van der Waals surface area contributed by atoms with Crippen molar-refractivity contribution in [2.45, 2.75) is 65.4 Å². The largest absolute Gasteiger partial charge is 0.573 e. The topological polar surface area (TPSA) is 88.3 Å². The monoisotopic (exact) mass is 604 g/mol. The molecule has 2 aromatic carbocycles. The van der Waals surface area contributed by atoms with Gasteiger partial charge in [-0.25, -0.2) is 4.79 Å². The average molecular weight is 605 g/mol. The highest BCUT2D eigenvalue weighted by Crippen LogP contribution is 2.39. The smallest absolute Gasteiger partial charge is 0.494 e. The predicted molar refractivity (Wildman–Crippen MR) is 158 cm³/mol. The summed E-state index contributed by atoms with van der Waals surface area (Å²) >= 11 is 0. The number of para-hydroxylation sites is 1. The normalized spacial score (nSPS) is 19.7. The summed E-state index contributed by atoms with van der Waals surface area (Å²) in [5, 5.41) is 0. The number of primary amides is 1. The number of likely N-dealkylation sites (tertiary alicyclic amines) is 1. The number of benzene rings is 2. The molecule has 2 aliphatic heterocycles. The minimum atomic E-state index is -4.77. The Bertz CT molecular complexity index is 1240. The maximum atomic E-state index is 13.7. The number of halogens is 3. The number of carbonyl (C=O) groups excluding carboxylic acids is 2. The van der Waals surface area contributed by atoms with E-state index in [1.165, 1.54) is 12.1 Å². The number of piperidine rings is 1. The third kappa shape index (κ3) is 8.34. The summed E-state index contributed by atoms with van der Waals surface area (Å²) < 4.78 is 48.7. The fourth-order valence-electron chi connectivity index (χ4n) is 6.23. The second-order valence-electron chi connectivity index (χ2n) is 12.4. The van der Waals surface area contributed by atoms with Crippen LogP contribution in [0.3, 0.4) is 0 Å².